The van der Waals surface area contributed by atoms with Crippen molar-refractivity contribution in [2.75, 3.05) is 38.1 Å². The number of hydrogen-bond donors (Lipinski definition) is 1. The molecule has 2 fully saturated rings. The molecule has 8 nitrogen and oxygen atoms in total. The Hall–Kier alpha value is -2.92. The van der Waals surface area contributed by atoms with E-state index in [1.807, 2.05) is 31.0 Å². The Morgan fingerprint density at radius 2 is 1.91 bits per heavy atom. The smallest absolute Gasteiger partial charge is 0.389 e. The molecular formula is C23H27F3N6O2. The highest BCUT2D eigenvalue weighted by molar-refractivity contribution is 5.82. The zero-order valence-corrected chi connectivity index (χ0v) is 19.2. The van der Waals surface area contributed by atoms with Crippen LogP contribution in [0.5, 0.6) is 6.01 Å². The van der Waals surface area contributed by atoms with E-state index >= 15 is 4.39 Å². The fourth-order valence-corrected chi connectivity index (χ4v) is 5.06. The molecule has 0 radical (unpaired) electrons. The number of anilines is 1. The molecule has 3 aromatic rings. The molecule has 2 aliphatic rings. The Balaban J connectivity index is 1.59. The van der Waals surface area contributed by atoms with Gasteiger partial charge in [-0.05, 0) is 57.1 Å². The first-order valence-corrected chi connectivity index (χ1v) is 11.2. The predicted octanol–water partition coefficient (Wildman–Crippen LogP) is 3.05. The number of ether oxygens (including phenoxy) is 1. The van der Waals surface area contributed by atoms with Crippen LogP contribution in [0.15, 0.2) is 24.4 Å². The van der Waals surface area contributed by atoms with E-state index in [1.54, 1.807) is 24.1 Å². The molecule has 34 heavy (non-hydrogen) atoms. The molecule has 2 aliphatic heterocycles. The second-order valence-electron chi connectivity index (χ2n) is 9.49. The normalized spacial score (nSPS) is 24.1. The average Bonchev–Trinajstić information content (AvgIpc) is 3.12. The summed E-state index contributed by atoms with van der Waals surface area (Å²) in [6.45, 7) is 2.33. The van der Waals surface area contributed by atoms with Crippen LogP contribution in [0.25, 0.3) is 16.7 Å². The number of aliphatic hydroxyl groups excluding tert-OH is 1. The minimum absolute atomic E-state index is 0.248. The summed E-state index contributed by atoms with van der Waals surface area (Å²) in [6.07, 6.45) is 1.85. The summed E-state index contributed by atoms with van der Waals surface area (Å²) < 4.78 is 47.5. The number of aromatic nitrogens is 4. The van der Waals surface area contributed by atoms with E-state index in [4.69, 9.17) is 0 Å². The first-order chi connectivity index (χ1) is 16.1. The van der Waals surface area contributed by atoms with Gasteiger partial charge in [-0.1, -0.05) is 0 Å². The third-order valence-corrected chi connectivity index (χ3v) is 6.71. The molecule has 0 saturated carbocycles. The zero-order valence-electron chi connectivity index (χ0n) is 19.2. The van der Waals surface area contributed by atoms with E-state index in [1.165, 1.54) is 4.68 Å². The molecule has 0 amide bonds. The van der Waals surface area contributed by atoms with Gasteiger partial charge in [-0.15, -0.1) is 0 Å². The predicted molar refractivity (Wildman–Crippen MR) is 121 cm³/mol. The molecule has 2 unspecified atom stereocenters. The van der Waals surface area contributed by atoms with E-state index < -0.39 is 24.4 Å². The highest BCUT2D eigenvalue weighted by atomic mass is 19.3. The molecule has 0 spiro atoms. The van der Waals surface area contributed by atoms with Crippen LogP contribution >= 0.6 is 0 Å². The van der Waals surface area contributed by atoms with Gasteiger partial charge in [-0.3, -0.25) is 0 Å². The van der Waals surface area contributed by atoms with Gasteiger partial charge < -0.3 is 19.6 Å². The fourth-order valence-electron chi connectivity index (χ4n) is 5.06. The average molecular weight is 477 g/mol. The number of hydrogen-bond acceptors (Lipinski definition) is 7. The molecule has 4 heterocycles. The maximum Gasteiger partial charge on any atom is 0.389 e. The van der Waals surface area contributed by atoms with Crippen LogP contribution in [-0.4, -0.2) is 81.4 Å². The molecule has 2 atom stereocenters. The number of alkyl halides is 3. The molecule has 0 aliphatic carbocycles. The summed E-state index contributed by atoms with van der Waals surface area (Å²) in [5.74, 6) is 0.324. The number of rotatable bonds is 5. The van der Waals surface area contributed by atoms with Crippen LogP contribution in [0.4, 0.5) is 19.0 Å². The van der Waals surface area contributed by atoms with Crippen molar-refractivity contribution in [2.45, 2.75) is 44.6 Å². The number of benzene rings is 1. The van der Waals surface area contributed by atoms with Crippen molar-refractivity contribution >= 4 is 16.7 Å². The Bertz CT molecular complexity index is 1210. The van der Waals surface area contributed by atoms with Gasteiger partial charge in [0.1, 0.15) is 11.5 Å². The van der Waals surface area contributed by atoms with Gasteiger partial charge in [-0.2, -0.15) is 23.8 Å². The number of aliphatic hydroxyl groups is 1. The highest BCUT2D eigenvalue weighted by Gasteiger charge is 2.40. The van der Waals surface area contributed by atoms with E-state index in [9.17, 15) is 13.9 Å². The minimum Gasteiger partial charge on any atom is -0.401 e. The van der Waals surface area contributed by atoms with E-state index in [0.717, 1.165) is 23.1 Å². The maximum absolute atomic E-state index is 15.6. The highest BCUT2D eigenvalue weighted by Crippen LogP contribution is 2.41. The Morgan fingerprint density at radius 3 is 2.59 bits per heavy atom. The van der Waals surface area contributed by atoms with E-state index in [-0.39, 0.29) is 11.7 Å². The van der Waals surface area contributed by atoms with Crippen molar-refractivity contribution in [1.29, 1.82) is 0 Å². The van der Waals surface area contributed by atoms with Crippen LogP contribution in [0.3, 0.4) is 0 Å². The summed E-state index contributed by atoms with van der Waals surface area (Å²) in [6, 6.07) is 5.03. The van der Waals surface area contributed by atoms with Crippen molar-refractivity contribution in [3.63, 3.8) is 0 Å². The van der Waals surface area contributed by atoms with Gasteiger partial charge in [0.2, 0.25) is 0 Å². The SMILES string of the molecule is Cc1cc2cnn(-c3cc(N4CC(O)C4)nc(OC(F)F)n3)c2cc1C1CCN(C)CC1(C)F. The van der Waals surface area contributed by atoms with Crippen molar-refractivity contribution in [1.82, 2.24) is 24.6 Å². The summed E-state index contributed by atoms with van der Waals surface area (Å²) in [5, 5.41) is 14.9. The first-order valence-electron chi connectivity index (χ1n) is 11.2. The van der Waals surface area contributed by atoms with Crippen LogP contribution in [0, 0.1) is 6.92 Å². The molecular weight excluding hydrogens is 449 g/mol. The third-order valence-electron chi connectivity index (χ3n) is 6.71. The lowest BCUT2D eigenvalue weighted by Crippen LogP contribution is -2.51. The number of halogens is 3. The van der Waals surface area contributed by atoms with Crippen molar-refractivity contribution in [3.05, 3.63) is 35.5 Å². The number of nitrogens with zero attached hydrogens (tertiary/aromatic N) is 6. The third kappa shape index (κ3) is 4.18. The lowest BCUT2D eigenvalue weighted by molar-refractivity contribution is -0.0560. The Morgan fingerprint density at radius 1 is 1.18 bits per heavy atom. The van der Waals surface area contributed by atoms with Gasteiger partial charge in [0.25, 0.3) is 0 Å². The molecule has 5 rings (SSSR count). The number of β-amino-alcohol motifs (C(OH)–C–C–N with tert-alkyl or cyclic N) is 1. The van der Waals surface area contributed by atoms with Gasteiger partial charge >= 0.3 is 12.6 Å². The fraction of sp³-hybridized carbons (Fsp3) is 0.522. The Kier molecular flexibility index (Phi) is 5.64. The molecule has 182 valence electrons. The maximum atomic E-state index is 15.6. The Labute approximate surface area is 195 Å². The quantitative estimate of drug-likeness (QED) is 0.606. The van der Waals surface area contributed by atoms with E-state index in [0.29, 0.717) is 37.4 Å². The van der Waals surface area contributed by atoms with Crippen molar-refractivity contribution in [2.24, 2.45) is 0 Å². The second-order valence-corrected chi connectivity index (χ2v) is 9.49. The molecule has 1 aromatic carbocycles. The number of fused-ring (bicyclic) bond motifs is 1. The zero-order chi connectivity index (χ0) is 24.2. The second kappa shape index (κ2) is 8.38. The molecule has 1 N–H and O–H groups in total. The largest absolute Gasteiger partial charge is 0.401 e. The molecule has 2 aromatic heterocycles. The van der Waals surface area contributed by atoms with Gasteiger partial charge in [0.05, 0.1) is 17.8 Å². The lowest BCUT2D eigenvalue weighted by Gasteiger charge is -2.40. The van der Waals surface area contributed by atoms with Gasteiger partial charge in [-0.25, -0.2) is 9.07 Å². The summed E-state index contributed by atoms with van der Waals surface area (Å²) in [5.41, 5.74) is 1.17. The summed E-state index contributed by atoms with van der Waals surface area (Å²) in [4.78, 5) is 11.9. The lowest BCUT2D eigenvalue weighted by atomic mass is 9.77. The summed E-state index contributed by atoms with van der Waals surface area (Å²) >= 11 is 0. The summed E-state index contributed by atoms with van der Waals surface area (Å²) in [7, 11) is 1.92. The van der Waals surface area contributed by atoms with Crippen LogP contribution in [0.2, 0.25) is 0 Å². The topological polar surface area (TPSA) is 79.5 Å². The van der Waals surface area contributed by atoms with Crippen molar-refractivity contribution < 1.29 is 23.0 Å². The van der Waals surface area contributed by atoms with E-state index in [2.05, 4.69) is 19.8 Å². The van der Waals surface area contributed by atoms with Crippen molar-refractivity contribution in [3.8, 4) is 11.8 Å². The molecule has 11 heteroatoms. The monoisotopic (exact) mass is 476 g/mol. The van der Waals surface area contributed by atoms with Crippen LogP contribution in [-0.2, 0) is 0 Å². The first kappa shape index (κ1) is 22.9. The number of likely N-dealkylation sites (tertiary alicyclic amines) is 1. The van der Waals surface area contributed by atoms with Crippen LogP contribution < -0.4 is 9.64 Å². The number of piperidine rings is 1. The molecule has 0 bridgehead atoms. The standard InChI is InChI=1S/C23H27F3N6O2/c1-13-6-14-9-27-32(18(14)7-16(13)17-4-5-30(3)12-23(17,2)26)20-8-19(31-10-15(33)11-31)28-22(29-20)34-21(24)25/h6-9,15,17,21,33H,4-5,10-12H2,1-3H3. The van der Waals surface area contributed by atoms with Crippen LogP contribution in [0.1, 0.15) is 30.4 Å². The minimum atomic E-state index is -3.08. The molecule has 2 saturated heterocycles. The van der Waals surface area contributed by atoms with Gasteiger partial charge in [0.15, 0.2) is 5.82 Å². The number of aryl methyl sites for hydroxylation is 1. The van der Waals surface area contributed by atoms with Gasteiger partial charge in [0, 0.05) is 37.0 Å².